The molecule has 0 amide bonds. The van der Waals surface area contributed by atoms with Crippen LogP contribution >= 0.6 is 0 Å². The van der Waals surface area contributed by atoms with Gasteiger partial charge >= 0.3 is 0 Å². The van der Waals surface area contributed by atoms with Gasteiger partial charge in [-0.2, -0.15) is 0 Å². The minimum atomic E-state index is -2.21. The third-order valence-corrected chi connectivity index (χ3v) is 34.9. The molecule has 0 aliphatic rings. The summed E-state index contributed by atoms with van der Waals surface area (Å²) in [5.41, 5.74) is 6.75. The zero-order valence-corrected chi connectivity index (χ0v) is 43.6. The van der Waals surface area contributed by atoms with Crippen molar-refractivity contribution in [3.05, 3.63) is 72.8 Å². The van der Waals surface area contributed by atoms with Crippen LogP contribution in [0.4, 0.5) is 0 Å². The third-order valence-electron chi connectivity index (χ3n) is 9.73. The van der Waals surface area contributed by atoms with E-state index in [0.717, 1.165) is 0 Å². The van der Waals surface area contributed by atoms with Gasteiger partial charge in [0.25, 0.3) is 8.32 Å². The molecule has 4 nitrogen and oxygen atoms in total. The molecule has 0 heterocycles. The fraction of sp³-hybridized carbons (Fsp3) is 0.450. The van der Waals surface area contributed by atoms with Crippen molar-refractivity contribution in [1.29, 1.82) is 0 Å². The highest BCUT2D eigenvalue weighted by atomic mass is 28.4. The quantitative estimate of drug-likeness (QED) is 0.139. The van der Waals surface area contributed by atoms with E-state index in [1.54, 1.807) is 0 Å². The zero-order valence-electron chi connectivity index (χ0n) is 35.6. The average Bonchev–Trinajstić information content (AvgIpc) is 3.01. The van der Waals surface area contributed by atoms with Gasteiger partial charge in [0.15, 0.2) is 0 Å². The van der Waals surface area contributed by atoms with Crippen molar-refractivity contribution in [1.82, 2.24) is 0 Å². The highest BCUT2D eigenvalue weighted by Crippen LogP contribution is 2.19. The Hall–Kier alpha value is -1.64. The van der Waals surface area contributed by atoms with Crippen molar-refractivity contribution >= 4 is 97.4 Å². The van der Waals surface area contributed by atoms with E-state index in [0.29, 0.717) is 0 Å². The van der Waals surface area contributed by atoms with E-state index in [1.165, 1.54) is 31.1 Å². The lowest BCUT2D eigenvalue weighted by Crippen LogP contribution is -2.59. The van der Waals surface area contributed by atoms with Crippen molar-refractivity contribution in [2.75, 3.05) is 7.11 Å². The van der Waals surface area contributed by atoms with Gasteiger partial charge in [0, 0.05) is 7.11 Å². The molecule has 0 saturated carbocycles. The molecule has 12 heteroatoms. The lowest BCUT2D eigenvalue weighted by molar-refractivity contribution is 0.416. The molecule has 3 rings (SSSR count). The molecule has 0 radical (unpaired) electrons. The maximum atomic E-state index is 7.20. The standard InChI is InChI=1S/C40H66O4Si8/c1-41-47(7,8)35-21-23-37(24-22-35)49(11,12)43-51(15,16)39-29-31-40(32-30-39)52(17,18)44-50(13,14)38-27-25-36(26-28-38)48(9,10)42-46(5,6)34-20-19-33-45(2,3)4/h21-32H,1-18H3. The van der Waals surface area contributed by atoms with Crippen LogP contribution in [0.25, 0.3) is 0 Å². The van der Waals surface area contributed by atoms with Crippen LogP contribution in [0.5, 0.6) is 0 Å². The minimum Gasteiger partial charge on any atom is -0.449 e. The topological polar surface area (TPSA) is 36.9 Å². The van der Waals surface area contributed by atoms with Crippen LogP contribution in [0, 0.1) is 22.9 Å². The van der Waals surface area contributed by atoms with Crippen molar-refractivity contribution in [2.45, 2.75) is 111 Å². The monoisotopic (exact) mass is 834 g/mol. The Morgan fingerprint density at radius 3 is 0.808 bits per heavy atom. The highest BCUT2D eigenvalue weighted by Gasteiger charge is 2.39. The van der Waals surface area contributed by atoms with Gasteiger partial charge in [-0.05, 0) is 135 Å². The van der Waals surface area contributed by atoms with E-state index in [4.69, 9.17) is 16.8 Å². The van der Waals surface area contributed by atoms with Gasteiger partial charge in [-0.1, -0.05) is 98.0 Å². The van der Waals surface area contributed by atoms with Gasteiger partial charge in [-0.3, -0.25) is 0 Å². The Bertz CT molecular complexity index is 1800. The first-order valence-electron chi connectivity index (χ1n) is 18.6. The van der Waals surface area contributed by atoms with Crippen LogP contribution in [0.2, 0.25) is 111 Å². The minimum absolute atomic E-state index is 1.29. The van der Waals surface area contributed by atoms with E-state index >= 15 is 0 Å². The molecule has 0 aliphatic heterocycles. The van der Waals surface area contributed by atoms with Gasteiger partial charge in [0.05, 0.1) is 0 Å². The van der Waals surface area contributed by atoms with Gasteiger partial charge < -0.3 is 16.8 Å². The Morgan fingerprint density at radius 2 is 0.558 bits per heavy atom. The molecular weight excluding hydrogens is 769 g/mol. The van der Waals surface area contributed by atoms with Crippen LogP contribution in [0.15, 0.2) is 72.8 Å². The molecule has 0 aliphatic carbocycles. The largest absolute Gasteiger partial charge is 0.449 e. The van der Waals surface area contributed by atoms with Crippen LogP contribution in [0.1, 0.15) is 0 Å². The molecule has 0 atom stereocenters. The SMILES string of the molecule is CO[Si](C)(C)c1ccc([Si](C)(C)O[Si](C)(C)c2ccc([Si](C)(C)O[Si](C)(C)c3ccc([Si](C)(C)O[Si](C)(C)C#CC#C[Si](C)(C)C)cc3)cc2)cc1. The Labute approximate surface area is 326 Å². The first kappa shape index (κ1) is 44.7. The van der Waals surface area contributed by atoms with E-state index < -0.39 is 66.3 Å². The van der Waals surface area contributed by atoms with Crippen molar-refractivity contribution < 1.29 is 16.8 Å². The summed E-state index contributed by atoms with van der Waals surface area (Å²) in [6.45, 7) is 38.8. The van der Waals surface area contributed by atoms with Crippen molar-refractivity contribution in [3.8, 4) is 22.9 Å². The molecule has 3 aromatic rings. The average molecular weight is 836 g/mol. The lowest BCUT2D eigenvalue weighted by Gasteiger charge is -2.36. The summed E-state index contributed by atoms with van der Waals surface area (Å²) in [6, 6.07) is 27.4. The summed E-state index contributed by atoms with van der Waals surface area (Å²) in [4.78, 5) is 0. The molecule has 0 aromatic heterocycles. The van der Waals surface area contributed by atoms with Crippen LogP contribution in [-0.4, -0.2) is 73.4 Å². The zero-order chi connectivity index (χ0) is 39.6. The number of hydrogen-bond donors (Lipinski definition) is 0. The fourth-order valence-corrected chi connectivity index (χ4v) is 31.3. The normalized spacial score (nSPS) is 13.6. The van der Waals surface area contributed by atoms with Crippen LogP contribution < -0.4 is 31.1 Å². The van der Waals surface area contributed by atoms with E-state index in [-0.39, 0.29) is 0 Å². The summed E-state index contributed by atoms with van der Waals surface area (Å²) in [6.07, 6.45) is 0. The lowest BCUT2D eigenvalue weighted by atomic mass is 10.4. The van der Waals surface area contributed by atoms with E-state index in [1.807, 2.05) is 7.11 Å². The molecule has 52 heavy (non-hydrogen) atoms. The first-order valence-corrected chi connectivity index (χ1v) is 42.4. The summed E-state index contributed by atoms with van der Waals surface area (Å²) in [7, 11) is -14.5. The maximum Gasteiger partial charge on any atom is 0.257 e. The van der Waals surface area contributed by atoms with Crippen LogP contribution in [0.3, 0.4) is 0 Å². The summed E-state index contributed by atoms with van der Waals surface area (Å²) in [5, 5.41) is 7.89. The molecule has 0 fully saturated rings. The second-order valence-electron chi connectivity index (χ2n) is 18.6. The summed E-state index contributed by atoms with van der Waals surface area (Å²) in [5.74, 6) is 6.22. The molecule has 3 aromatic carbocycles. The summed E-state index contributed by atoms with van der Waals surface area (Å²) >= 11 is 0. The van der Waals surface area contributed by atoms with Gasteiger partial charge in [-0.15, -0.1) is 5.54 Å². The molecule has 0 spiro atoms. The van der Waals surface area contributed by atoms with E-state index in [2.05, 4.69) is 207 Å². The number of benzene rings is 3. The second-order valence-corrected chi connectivity index (χ2v) is 51.0. The molecule has 0 unspecified atom stereocenters. The Balaban J connectivity index is 1.73. The van der Waals surface area contributed by atoms with Crippen molar-refractivity contribution in [3.63, 3.8) is 0 Å². The molecule has 0 bridgehead atoms. The molecule has 0 saturated heterocycles. The maximum absolute atomic E-state index is 7.20. The Morgan fingerprint density at radius 1 is 0.327 bits per heavy atom. The fourth-order valence-electron chi connectivity index (χ4n) is 6.57. The molecular formula is C40H66O4Si8. The van der Waals surface area contributed by atoms with Gasteiger partial charge in [0.2, 0.25) is 49.9 Å². The number of rotatable bonds is 13. The predicted octanol–water partition coefficient (Wildman–Crippen LogP) is 6.88. The Kier molecular flexibility index (Phi) is 14.0. The molecule has 282 valence electrons. The smallest absolute Gasteiger partial charge is 0.257 e. The van der Waals surface area contributed by atoms with Gasteiger partial charge in [-0.25, -0.2) is 0 Å². The predicted molar refractivity (Wildman–Crippen MR) is 249 cm³/mol. The summed E-state index contributed by atoms with van der Waals surface area (Å²) < 4.78 is 27.0. The van der Waals surface area contributed by atoms with Gasteiger partial charge in [0.1, 0.15) is 8.07 Å². The highest BCUT2D eigenvalue weighted by molar-refractivity contribution is 6.98. The number of hydrogen-bond acceptors (Lipinski definition) is 4. The second kappa shape index (κ2) is 16.2. The van der Waals surface area contributed by atoms with Crippen LogP contribution in [-0.2, 0) is 16.8 Å². The first-order chi connectivity index (χ1) is 23.5. The van der Waals surface area contributed by atoms with E-state index in [9.17, 15) is 0 Å². The van der Waals surface area contributed by atoms with Crippen molar-refractivity contribution in [2.24, 2.45) is 0 Å². The molecule has 0 N–H and O–H groups in total. The third kappa shape index (κ3) is 12.2.